The van der Waals surface area contributed by atoms with Gasteiger partial charge in [0.15, 0.2) is 5.03 Å². The first-order chi connectivity index (χ1) is 12.1. The van der Waals surface area contributed by atoms with Gasteiger partial charge in [-0.2, -0.15) is 0 Å². The maximum Gasteiger partial charge on any atom is 0.273 e. The minimum absolute atomic E-state index is 0.240. The molecule has 0 amide bonds. The lowest BCUT2D eigenvalue weighted by Crippen LogP contribution is -2.56. The molecule has 2 heterocycles. The fourth-order valence-corrected chi connectivity index (χ4v) is 2.73. The van der Waals surface area contributed by atoms with Crippen LogP contribution < -0.4 is 5.32 Å². The maximum absolute atomic E-state index is 10.8. The highest BCUT2D eigenvalue weighted by molar-refractivity contribution is 6.29. The number of nitrogens with zero attached hydrogens (tertiary/aromatic N) is 5. The molecular formula is C16H17ClN6O2. The molecule has 1 saturated heterocycles. The molecule has 3 rings (SSSR count). The third-order valence-electron chi connectivity index (χ3n) is 3.72. The van der Waals surface area contributed by atoms with E-state index < -0.39 is 5.03 Å². The van der Waals surface area contributed by atoms with Gasteiger partial charge in [0.2, 0.25) is 0 Å². The highest BCUT2D eigenvalue weighted by Gasteiger charge is 2.24. The van der Waals surface area contributed by atoms with Crippen molar-refractivity contribution in [2.24, 2.45) is 5.10 Å². The first-order valence-corrected chi connectivity index (χ1v) is 8.06. The van der Waals surface area contributed by atoms with E-state index in [0.717, 1.165) is 12.1 Å². The lowest BCUT2D eigenvalue weighted by Gasteiger charge is -2.37. The Labute approximate surface area is 149 Å². The van der Waals surface area contributed by atoms with E-state index in [0.29, 0.717) is 25.0 Å². The van der Waals surface area contributed by atoms with Crippen molar-refractivity contribution in [3.63, 3.8) is 0 Å². The van der Waals surface area contributed by atoms with Crippen LogP contribution in [0.1, 0.15) is 11.1 Å². The molecule has 8 nitrogen and oxygen atoms in total. The second-order valence-electron chi connectivity index (χ2n) is 5.64. The fraction of sp³-hybridized carbons (Fsp3) is 0.250. The van der Waals surface area contributed by atoms with E-state index in [9.17, 15) is 10.1 Å². The van der Waals surface area contributed by atoms with Crippen LogP contribution in [0.25, 0.3) is 0 Å². The zero-order valence-electron chi connectivity index (χ0n) is 13.4. The number of hydrogen-bond donors (Lipinski definition) is 1. The SMILES string of the molecule is O=[N+]([O-])/N=C1\NCN(Cc2ccccc2)CN1Cc1ccc(Cl)nc1. The van der Waals surface area contributed by atoms with Crippen LogP contribution in [0.15, 0.2) is 53.8 Å². The number of benzene rings is 1. The zero-order valence-corrected chi connectivity index (χ0v) is 14.1. The van der Waals surface area contributed by atoms with Gasteiger partial charge in [-0.15, -0.1) is 0 Å². The fourth-order valence-electron chi connectivity index (χ4n) is 2.62. The highest BCUT2D eigenvalue weighted by atomic mass is 35.5. The maximum atomic E-state index is 10.8. The molecule has 1 fully saturated rings. The Balaban J connectivity index is 1.73. The summed E-state index contributed by atoms with van der Waals surface area (Å²) in [6.45, 7) is 2.16. The van der Waals surface area contributed by atoms with Gasteiger partial charge in [-0.05, 0) is 17.2 Å². The zero-order chi connectivity index (χ0) is 17.6. The van der Waals surface area contributed by atoms with Gasteiger partial charge in [-0.3, -0.25) is 4.90 Å². The molecule has 130 valence electrons. The number of pyridine rings is 1. The topological polar surface area (TPSA) is 86.9 Å². The normalized spacial score (nSPS) is 16.7. The van der Waals surface area contributed by atoms with Crippen molar-refractivity contribution in [2.45, 2.75) is 13.1 Å². The molecule has 1 aliphatic heterocycles. The molecule has 0 aliphatic carbocycles. The molecule has 1 aromatic carbocycles. The predicted molar refractivity (Wildman–Crippen MR) is 94.1 cm³/mol. The van der Waals surface area contributed by atoms with Crippen molar-refractivity contribution in [3.05, 3.63) is 75.1 Å². The van der Waals surface area contributed by atoms with Crippen molar-refractivity contribution in [2.75, 3.05) is 13.3 Å². The molecule has 1 N–H and O–H groups in total. The summed E-state index contributed by atoms with van der Waals surface area (Å²) >= 11 is 5.81. The van der Waals surface area contributed by atoms with E-state index >= 15 is 0 Å². The molecule has 0 spiro atoms. The molecule has 0 saturated carbocycles. The van der Waals surface area contributed by atoms with Crippen LogP contribution in [-0.2, 0) is 13.1 Å². The molecule has 0 unspecified atom stereocenters. The molecular weight excluding hydrogens is 344 g/mol. The first kappa shape index (κ1) is 17.1. The van der Waals surface area contributed by atoms with Gasteiger partial charge < -0.3 is 10.2 Å². The summed E-state index contributed by atoms with van der Waals surface area (Å²) in [5, 5.41) is 17.0. The lowest BCUT2D eigenvalue weighted by molar-refractivity contribution is -0.486. The summed E-state index contributed by atoms with van der Waals surface area (Å²) in [4.78, 5) is 18.8. The number of nitro groups is 1. The first-order valence-electron chi connectivity index (χ1n) is 7.68. The van der Waals surface area contributed by atoms with Gasteiger partial charge in [0.25, 0.3) is 5.96 Å². The van der Waals surface area contributed by atoms with Gasteiger partial charge in [0.05, 0.1) is 13.3 Å². The van der Waals surface area contributed by atoms with Gasteiger partial charge in [-0.25, -0.2) is 15.1 Å². The van der Waals surface area contributed by atoms with Crippen LogP contribution in [0.2, 0.25) is 5.15 Å². The molecule has 0 radical (unpaired) electrons. The molecule has 1 aromatic heterocycles. The summed E-state index contributed by atoms with van der Waals surface area (Å²) in [6, 6.07) is 13.6. The van der Waals surface area contributed by atoms with E-state index in [1.807, 2.05) is 36.4 Å². The Bertz CT molecular complexity index is 753. The highest BCUT2D eigenvalue weighted by Crippen LogP contribution is 2.13. The Kier molecular flexibility index (Phi) is 5.42. The average molecular weight is 361 g/mol. The number of hydrogen-bond acceptors (Lipinski definition) is 4. The van der Waals surface area contributed by atoms with Crippen LogP contribution >= 0.6 is 11.6 Å². The number of rotatable bonds is 5. The Hall–Kier alpha value is -2.71. The van der Waals surface area contributed by atoms with Crippen molar-refractivity contribution >= 4 is 17.6 Å². The van der Waals surface area contributed by atoms with E-state index in [-0.39, 0.29) is 5.96 Å². The molecule has 0 bridgehead atoms. The Morgan fingerprint density at radius 2 is 2.00 bits per heavy atom. The van der Waals surface area contributed by atoms with E-state index in [1.54, 1.807) is 17.2 Å². The largest absolute Gasteiger partial charge is 0.338 e. The minimum Gasteiger partial charge on any atom is -0.338 e. The van der Waals surface area contributed by atoms with Gasteiger partial charge in [0, 0.05) is 19.3 Å². The van der Waals surface area contributed by atoms with Crippen molar-refractivity contribution in [1.82, 2.24) is 20.1 Å². The third-order valence-corrected chi connectivity index (χ3v) is 3.94. The number of hydrazone groups is 1. The minimum atomic E-state index is -0.692. The standard InChI is InChI=1S/C16H17ClN6O2/c17-15-7-6-14(8-18-15)10-22-12-21(9-13-4-2-1-3-5-13)11-19-16(22)20-23(24)25/h1-8H,9-12H2,(H,19,20). The van der Waals surface area contributed by atoms with E-state index in [1.165, 1.54) is 5.56 Å². The summed E-state index contributed by atoms with van der Waals surface area (Å²) < 4.78 is 0. The molecule has 2 aromatic rings. The number of aromatic nitrogens is 1. The van der Waals surface area contributed by atoms with Crippen molar-refractivity contribution in [1.29, 1.82) is 0 Å². The molecule has 1 aliphatic rings. The summed E-state index contributed by atoms with van der Waals surface area (Å²) in [7, 11) is 0. The number of nitrogens with one attached hydrogen (secondary N) is 1. The molecule has 9 heteroatoms. The van der Waals surface area contributed by atoms with Crippen molar-refractivity contribution < 1.29 is 5.03 Å². The molecule has 0 atom stereocenters. The number of halogens is 1. The van der Waals surface area contributed by atoms with Gasteiger partial charge in [-0.1, -0.05) is 48.0 Å². The average Bonchev–Trinajstić information content (AvgIpc) is 2.60. The summed E-state index contributed by atoms with van der Waals surface area (Å²) in [6.07, 6.45) is 1.66. The van der Waals surface area contributed by atoms with Crippen LogP contribution in [0.3, 0.4) is 0 Å². The second kappa shape index (κ2) is 7.91. The number of guanidine groups is 1. The van der Waals surface area contributed by atoms with Gasteiger partial charge in [0.1, 0.15) is 10.3 Å². The monoisotopic (exact) mass is 360 g/mol. The summed E-state index contributed by atoms with van der Waals surface area (Å²) in [5.74, 6) is 0.240. The van der Waals surface area contributed by atoms with Crippen LogP contribution in [0, 0.1) is 10.1 Å². The van der Waals surface area contributed by atoms with Gasteiger partial charge >= 0.3 is 0 Å². The smallest absolute Gasteiger partial charge is 0.273 e. The second-order valence-corrected chi connectivity index (χ2v) is 6.03. The third kappa shape index (κ3) is 4.88. The van der Waals surface area contributed by atoms with E-state index in [2.05, 4.69) is 20.3 Å². The molecule has 25 heavy (non-hydrogen) atoms. The van der Waals surface area contributed by atoms with E-state index in [4.69, 9.17) is 11.6 Å². The predicted octanol–water partition coefficient (Wildman–Crippen LogP) is 2.11. The summed E-state index contributed by atoms with van der Waals surface area (Å²) in [5.41, 5.74) is 2.07. The van der Waals surface area contributed by atoms with Crippen molar-refractivity contribution in [3.8, 4) is 0 Å². The Morgan fingerprint density at radius 1 is 1.20 bits per heavy atom. The quantitative estimate of drug-likeness (QED) is 0.499. The lowest BCUT2D eigenvalue weighted by atomic mass is 10.2. The Morgan fingerprint density at radius 3 is 2.68 bits per heavy atom. The van der Waals surface area contributed by atoms with Crippen LogP contribution in [-0.4, -0.2) is 39.1 Å². The van der Waals surface area contributed by atoms with Crippen LogP contribution in [0.4, 0.5) is 0 Å². The van der Waals surface area contributed by atoms with Crippen LogP contribution in [0.5, 0.6) is 0 Å².